The number of oxime groups is 1. The zero-order chi connectivity index (χ0) is 19.7. The zero-order valence-corrected chi connectivity index (χ0v) is 16.4. The summed E-state index contributed by atoms with van der Waals surface area (Å²) in [5.74, 6) is -0.278. The molecule has 10 heteroatoms. The first-order valence-electron chi connectivity index (χ1n) is 9.34. The highest BCUT2D eigenvalue weighted by molar-refractivity contribution is 7.98. The minimum Gasteiger partial charge on any atom is -0.593 e. The first-order valence-corrected chi connectivity index (χ1v) is 11.2. The molecule has 1 aromatic carbocycles. The molecule has 0 aliphatic carbocycles. The molecule has 3 aliphatic rings. The smallest absolute Gasteiger partial charge is 0.269 e. The molecular formula is C18H24N4O5S. The molecule has 2 saturated heterocycles. The fourth-order valence-corrected chi connectivity index (χ4v) is 4.39. The molecule has 0 bridgehead atoms. The van der Waals surface area contributed by atoms with E-state index in [0.29, 0.717) is 37.7 Å². The van der Waals surface area contributed by atoms with E-state index in [0.717, 1.165) is 24.8 Å². The summed E-state index contributed by atoms with van der Waals surface area (Å²) in [5, 5.41) is 7.07. The molecule has 28 heavy (non-hydrogen) atoms. The second-order valence-electron chi connectivity index (χ2n) is 7.42. The van der Waals surface area contributed by atoms with Gasteiger partial charge in [0.05, 0.1) is 18.2 Å². The van der Waals surface area contributed by atoms with E-state index in [1.54, 1.807) is 18.2 Å². The van der Waals surface area contributed by atoms with Crippen molar-refractivity contribution in [3.8, 4) is 0 Å². The third-order valence-corrected chi connectivity index (χ3v) is 5.81. The highest BCUT2D eigenvalue weighted by atomic mass is 32.3. The van der Waals surface area contributed by atoms with Gasteiger partial charge in [0.25, 0.3) is 5.91 Å². The average molecular weight is 408 g/mol. The van der Waals surface area contributed by atoms with E-state index < -0.39 is 10.4 Å². The molecule has 1 aromatic rings. The van der Waals surface area contributed by atoms with Crippen LogP contribution in [0.1, 0.15) is 12.8 Å². The summed E-state index contributed by atoms with van der Waals surface area (Å²) in [5.41, 5.74) is 1.81. The van der Waals surface area contributed by atoms with Gasteiger partial charge in [-0.15, -0.1) is 0 Å². The maximum atomic E-state index is 12.7. The van der Waals surface area contributed by atoms with Crippen LogP contribution in [-0.2, 0) is 29.0 Å². The number of sulfonamides is 1. The summed E-state index contributed by atoms with van der Waals surface area (Å²) in [6.45, 7) is 2.49. The number of carbonyl (C=O) groups excluding carboxylic acids is 1. The number of benzene rings is 1. The molecule has 2 N–H and O–H groups in total. The topological polar surface area (TPSA) is 115 Å². The van der Waals surface area contributed by atoms with Gasteiger partial charge in [-0.1, -0.05) is 15.4 Å². The van der Waals surface area contributed by atoms with E-state index in [4.69, 9.17) is 9.57 Å². The Kier molecular flexibility index (Phi) is 5.26. The first-order chi connectivity index (χ1) is 13.4. The van der Waals surface area contributed by atoms with Gasteiger partial charge in [-0.2, -0.15) is 0 Å². The molecule has 2 fully saturated rings. The zero-order valence-electron chi connectivity index (χ0n) is 15.6. The van der Waals surface area contributed by atoms with Crippen molar-refractivity contribution >= 4 is 33.4 Å². The van der Waals surface area contributed by atoms with E-state index in [9.17, 15) is 13.6 Å². The number of anilines is 2. The predicted octanol–water partition coefficient (Wildman–Crippen LogP) is 0.759. The van der Waals surface area contributed by atoms with Gasteiger partial charge in [-0.25, -0.2) is 4.72 Å². The number of nitrogens with one attached hydrogen (secondary N) is 2. The predicted molar refractivity (Wildman–Crippen MR) is 105 cm³/mol. The first kappa shape index (κ1) is 19.2. The highest BCUT2D eigenvalue weighted by Gasteiger charge is 2.45. The molecule has 0 spiro atoms. The van der Waals surface area contributed by atoms with Gasteiger partial charge in [0.1, 0.15) is 16.7 Å². The number of hydrogen-bond acceptors (Lipinski definition) is 7. The number of rotatable bonds is 5. The Balaban J connectivity index is 1.41. The lowest BCUT2D eigenvalue weighted by Gasteiger charge is -2.23. The van der Waals surface area contributed by atoms with Crippen molar-refractivity contribution in [3.63, 3.8) is 0 Å². The summed E-state index contributed by atoms with van der Waals surface area (Å²) in [6, 6.07) is 7.30. The van der Waals surface area contributed by atoms with Crippen LogP contribution in [-0.4, -0.2) is 60.9 Å². The molecule has 152 valence electrons. The molecule has 9 nitrogen and oxygen atoms in total. The van der Waals surface area contributed by atoms with Crippen LogP contribution in [0.4, 0.5) is 11.4 Å². The van der Waals surface area contributed by atoms with Crippen LogP contribution in [0, 0.1) is 5.92 Å². The van der Waals surface area contributed by atoms with Gasteiger partial charge in [-0.3, -0.25) is 4.79 Å². The normalized spacial score (nSPS) is 26.8. The summed E-state index contributed by atoms with van der Waals surface area (Å²) in [7, 11) is -3.34. The molecule has 0 radical (unpaired) electrons. The van der Waals surface area contributed by atoms with Crippen molar-refractivity contribution in [1.29, 1.82) is 0 Å². The fourth-order valence-electron chi connectivity index (χ4n) is 3.84. The summed E-state index contributed by atoms with van der Waals surface area (Å²) < 4.78 is 30.7. The molecule has 3 aliphatic heterocycles. The van der Waals surface area contributed by atoms with Gasteiger partial charge in [0.15, 0.2) is 11.8 Å². The number of fused-ring (bicyclic) bond motifs is 1. The van der Waals surface area contributed by atoms with Crippen LogP contribution in [0.3, 0.4) is 0 Å². The Morgan fingerprint density at radius 1 is 1.32 bits per heavy atom. The number of nitrogens with zero attached hydrogens (tertiary/aromatic N) is 2. The van der Waals surface area contributed by atoms with Crippen LogP contribution in [0.2, 0.25) is 0 Å². The molecule has 3 heterocycles. The summed E-state index contributed by atoms with van der Waals surface area (Å²) >= 11 is 0. The molecule has 4 rings (SSSR count). The van der Waals surface area contributed by atoms with Crippen LogP contribution >= 0.6 is 0 Å². The lowest BCUT2D eigenvalue weighted by molar-refractivity contribution is -0.116. The maximum absolute atomic E-state index is 12.7. The van der Waals surface area contributed by atoms with Gasteiger partial charge < -0.3 is 24.3 Å². The van der Waals surface area contributed by atoms with Crippen molar-refractivity contribution in [3.05, 3.63) is 24.3 Å². The quantitative estimate of drug-likeness (QED) is 0.695. The minimum absolute atomic E-state index is 0.105. The third kappa shape index (κ3) is 4.29. The van der Waals surface area contributed by atoms with Crippen LogP contribution in [0.5, 0.6) is 0 Å². The van der Waals surface area contributed by atoms with Crippen LogP contribution < -0.4 is 14.9 Å². The second-order valence-corrected chi connectivity index (χ2v) is 9.16. The number of ether oxygens (including phenoxy) is 1. The SMILES string of the molecule is C[S+](=O)([O-])Nc1cccc(N2C[C@@H]3C(C(=O)NC4CCOCC4)=NO[C@@H]3C2)c1. The molecule has 3 atom stereocenters. The van der Waals surface area contributed by atoms with Gasteiger partial charge in [0, 0.05) is 31.5 Å². The average Bonchev–Trinajstić information content (AvgIpc) is 3.22. The Bertz CT molecular complexity index is 820. The summed E-state index contributed by atoms with van der Waals surface area (Å²) in [4.78, 5) is 20.2. The molecule has 0 saturated carbocycles. The minimum atomic E-state index is -3.34. The summed E-state index contributed by atoms with van der Waals surface area (Å²) in [6.07, 6.45) is 2.55. The number of amides is 1. The Morgan fingerprint density at radius 2 is 2.11 bits per heavy atom. The van der Waals surface area contributed by atoms with Crippen LogP contribution in [0.15, 0.2) is 29.4 Å². The van der Waals surface area contributed by atoms with E-state index in [-0.39, 0.29) is 24.0 Å². The van der Waals surface area contributed by atoms with E-state index in [1.165, 1.54) is 0 Å². The highest BCUT2D eigenvalue weighted by Crippen LogP contribution is 2.32. The Labute approximate surface area is 164 Å². The van der Waals surface area contributed by atoms with E-state index in [1.807, 2.05) is 6.07 Å². The van der Waals surface area contributed by atoms with E-state index in [2.05, 4.69) is 20.1 Å². The lowest BCUT2D eigenvalue weighted by Crippen LogP contribution is -2.44. The largest absolute Gasteiger partial charge is 0.593 e. The number of hydrogen-bond donors (Lipinski definition) is 2. The number of carbonyl (C=O) groups is 1. The Morgan fingerprint density at radius 3 is 2.86 bits per heavy atom. The van der Waals surface area contributed by atoms with Gasteiger partial charge in [0.2, 0.25) is 0 Å². The standard InChI is InChI=1S/C18H24N4O5S/c1-28(24,25)21-13-3-2-4-14(9-13)22-10-15-16(11-22)27-20-17(15)18(23)19-12-5-7-26-8-6-12/h2-4,9,12,15-16H,5-8,10-11H2,1H3,(H2-,19,21,23,24,25)/t15-,16+/m0/s1. The lowest BCUT2D eigenvalue weighted by atomic mass is 9.99. The molecule has 0 aromatic heterocycles. The van der Waals surface area contributed by atoms with Crippen molar-refractivity contribution in [2.45, 2.75) is 25.0 Å². The maximum Gasteiger partial charge on any atom is 0.269 e. The van der Waals surface area contributed by atoms with E-state index >= 15 is 0 Å². The Hall–Kier alpha value is -2.17. The molecule has 1 amide bonds. The van der Waals surface area contributed by atoms with Crippen LogP contribution in [0.25, 0.3) is 0 Å². The second kappa shape index (κ2) is 7.69. The van der Waals surface area contributed by atoms with Crippen molar-refractivity contribution in [2.24, 2.45) is 11.1 Å². The van der Waals surface area contributed by atoms with Crippen molar-refractivity contribution < 1.29 is 23.1 Å². The molecule has 1 unspecified atom stereocenters. The van der Waals surface area contributed by atoms with Gasteiger partial charge >= 0.3 is 0 Å². The molecular weight excluding hydrogens is 384 g/mol. The fraction of sp³-hybridized carbons (Fsp3) is 0.556. The van der Waals surface area contributed by atoms with Crippen molar-refractivity contribution in [1.82, 2.24) is 5.32 Å². The van der Waals surface area contributed by atoms with Gasteiger partial charge in [-0.05, 0) is 31.0 Å². The third-order valence-electron chi connectivity index (χ3n) is 5.21. The van der Waals surface area contributed by atoms with Crippen molar-refractivity contribution in [2.75, 3.05) is 42.2 Å². The monoisotopic (exact) mass is 408 g/mol.